The summed E-state index contributed by atoms with van der Waals surface area (Å²) in [5, 5.41) is 11.8. The summed E-state index contributed by atoms with van der Waals surface area (Å²) in [6.07, 6.45) is 2.76. The van der Waals surface area contributed by atoms with Crippen molar-refractivity contribution in [1.29, 1.82) is 0 Å². The SMILES string of the molecule is Cc1nn(-c2ccccc2)c(C)c1CNC(=O)c1noc2c1CC(C(C)(C)C)CC2. The summed E-state index contributed by atoms with van der Waals surface area (Å²) in [4.78, 5) is 12.9. The Bertz CT molecular complexity index is 1060. The van der Waals surface area contributed by atoms with Crippen LogP contribution in [-0.4, -0.2) is 20.8 Å². The van der Waals surface area contributed by atoms with E-state index in [1.54, 1.807) is 0 Å². The highest BCUT2D eigenvalue weighted by Crippen LogP contribution is 2.38. The summed E-state index contributed by atoms with van der Waals surface area (Å²) in [6.45, 7) is 11.2. The lowest BCUT2D eigenvalue weighted by molar-refractivity contribution is 0.0940. The third-order valence-corrected chi connectivity index (χ3v) is 6.35. The van der Waals surface area contributed by atoms with Crippen LogP contribution >= 0.6 is 0 Å². The monoisotopic (exact) mass is 406 g/mol. The average molecular weight is 407 g/mol. The predicted octanol–water partition coefficient (Wildman–Crippen LogP) is 4.56. The molecular weight excluding hydrogens is 376 g/mol. The van der Waals surface area contributed by atoms with Crippen molar-refractivity contribution in [2.24, 2.45) is 11.3 Å². The highest BCUT2D eigenvalue weighted by molar-refractivity contribution is 5.93. The lowest BCUT2D eigenvalue weighted by Gasteiger charge is -2.33. The van der Waals surface area contributed by atoms with Crippen LogP contribution in [0.5, 0.6) is 0 Å². The summed E-state index contributed by atoms with van der Waals surface area (Å²) in [5.74, 6) is 1.20. The minimum Gasteiger partial charge on any atom is -0.360 e. The molecule has 1 unspecified atom stereocenters. The van der Waals surface area contributed by atoms with E-state index < -0.39 is 0 Å². The third kappa shape index (κ3) is 3.78. The first-order valence-electron chi connectivity index (χ1n) is 10.6. The Hall–Kier alpha value is -2.89. The molecule has 0 radical (unpaired) electrons. The lowest BCUT2D eigenvalue weighted by Crippen LogP contribution is -2.29. The number of carbonyl (C=O) groups excluding carboxylic acids is 1. The van der Waals surface area contributed by atoms with E-state index in [0.29, 0.717) is 18.2 Å². The maximum atomic E-state index is 12.9. The molecule has 3 aromatic rings. The van der Waals surface area contributed by atoms with Gasteiger partial charge in [0.2, 0.25) is 0 Å². The summed E-state index contributed by atoms with van der Waals surface area (Å²) in [5.41, 5.74) is 5.58. The predicted molar refractivity (Wildman–Crippen MR) is 116 cm³/mol. The molecule has 158 valence electrons. The minimum atomic E-state index is -0.180. The van der Waals surface area contributed by atoms with Gasteiger partial charge in [-0.15, -0.1) is 0 Å². The molecule has 6 heteroatoms. The van der Waals surface area contributed by atoms with Gasteiger partial charge in [-0.3, -0.25) is 4.79 Å². The van der Waals surface area contributed by atoms with Gasteiger partial charge in [-0.2, -0.15) is 5.10 Å². The van der Waals surface area contributed by atoms with Crippen molar-refractivity contribution in [2.45, 2.75) is 60.4 Å². The van der Waals surface area contributed by atoms with Crippen molar-refractivity contribution in [3.05, 3.63) is 64.3 Å². The first-order valence-corrected chi connectivity index (χ1v) is 10.6. The van der Waals surface area contributed by atoms with Gasteiger partial charge in [-0.25, -0.2) is 4.68 Å². The summed E-state index contributed by atoms with van der Waals surface area (Å²) in [7, 11) is 0. The van der Waals surface area contributed by atoms with E-state index in [1.165, 1.54) is 0 Å². The number of aromatic nitrogens is 3. The standard InChI is InChI=1S/C24H30N4O2/c1-15-20(16(2)28(26-15)18-9-7-6-8-10-18)14-25-23(29)22-19-13-17(24(3,4)5)11-12-21(19)30-27-22/h6-10,17H,11-14H2,1-5H3,(H,25,29). The molecule has 2 heterocycles. The average Bonchev–Trinajstić information content (AvgIpc) is 3.26. The Morgan fingerprint density at radius 2 is 1.97 bits per heavy atom. The topological polar surface area (TPSA) is 73.0 Å². The van der Waals surface area contributed by atoms with Gasteiger partial charge in [0.15, 0.2) is 5.69 Å². The fraction of sp³-hybridized carbons (Fsp3) is 0.458. The van der Waals surface area contributed by atoms with Crippen molar-refractivity contribution >= 4 is 5.91 Å². The largest absolute Gasteiger partial charge is 0.360 e. The van der Waals surface area contributed by atoms with Crippen molar-refractivity contribution in [3.8, 4) is 5.69 Å². The van der Waals surface area contributed by atoms with Gasteiger partial charge in [0, 0.05) is 29.8 Å². The van der Waals surface area contributed by atoms with Gasteiger partial charge in [0.25, 0.3) is 5.91 Å². The van der Waals surface area contributed by atoms with Crippen LogP contribution in [0.4, 0.5) is 0 Å². The van der Waals surface area contributed by atoms with Gasteiger partial charge in [0.1, 0.15) is 5.76 Å². The molecule has 1 aliphatic rings. The highest BCUT2D eigenvalue weighted by atomic mass is 16.5. The normalized spacial score (nSPS) is 16.4. The number of para-hydroxylation sites is 1. The molecule has 1 aromatic carbocycles. The lowest BCUT2D eigenvalue weighted by atomic mass is 9.71. The molecular formula is C24H30N4O2. The Kier molecular flexibility index (Phi) is 5.26. The van der Waals surface area contributed by atoms with Crippen LogP contribution in [0, 0.1) is 25.2 Å². The van der Waals surface area contributed by atoms with E-state index in [9.17, 15) is 4.79 Å². The number of nitrogens with zero attached hydrogens (tertiary/aromatic N) is 3. The van der Waals surface area contributed by atoms with E-state index in [4.69, 9.17) is 4.52 Å². The van der Waals surface area contributed by atoms with Crippen LogP contribution in [0.3, 0.4) is 0 Å². The van der Waals surface area contributed by atoms with Crippen molar-refractivity contribution in [3.63, 3.8) is 0 Å². The number of fused-ring (bicyclic) bond motifs is 1. The molecule has 0 fully saturated rings. The number of benzene rings is 1. The number of nitrogens with one attached hydrogen (secondary N) is 1. The number of carbonyl (C=O) groups is 1. The second kappa shape index (κ2) is 7.74. The number of aryl methyl sites for hydroxylation is 2. The maximum Gasteiger partial charge on any atom is 0.274 e. The Labute approximate surface area is 177 Å². The first-order chi connectivity index (χ1) is 14.3. The van der Waals surface area contributed by atoms with E-state index in [1.807, 2.05) is 48.9 Å². The molecule has 4 rings (SSSR count). The Balaban J connectivity index is 1.51. The quantitative estimate of drug-likeness (QED) is 0.689. The molecule has 1 aliphatic carbocycles. The molecule has 0 saturated heterocycles. The van der Waals surface area contributed by atoms with E-state index in [-0.39, 0.29) is 11.3 Å². The first kappa shape index (κ1) is 20.4. The second-order valence-electron chi connectivity index (χ2n) is 9.32. The van der Waals surface area contributed by atoms with Crippen molar-refractivity contribution in [2.75, 3.05) is 0 Å². The smallest absolute Gasteiger partial charge is 0.274 e. The highest BCUT2D eigenvalue weighted by Gasteiger charge is 2.34. The Morgan fingerprint density at radius 1 is 1.23 bits per heavy atom. The summed E-state index contributed by atoms with van der Waals surface area (Å²) < 4.78 is 7.42. The zero-order valence-corrected chi connectivity index (χ0v) is 18.5. The zero-order chi connectivity index (χ0) is 21.5. The molecule has 30 heavy (non-hydrogen) atoms. The van der Waals surface area contributed by atoms with Gasteiger partial charge in [-0.05, 0) is 50.2 Å². The van der Waals surface area contributed by atoms with Crippen LogP contribution in [0.25, 0.3) is 5.69 Å². The molecule has 0 saturated carbocycles. The van der Waals surface area contributed by atoms with Gasteiger partial charge in [0.05, 0.1) is 11.4 Å². The Morgan fingerprint density at radius 3 is 2.67 bits per heavy atom. The molecule has 1 N–H and O–H groups in total. The molecule has 0 bridgehead atoms. The molecule has 0 aliphatic heterocycles. The van der Waals surface area contributed by atoms with Crippen molar-refractivity contribution in [1.82, 2.24) is 20.3 Å². The molecule has 1 amide bonds. The van der Waals surface area contributed by atoms with Crippen LogP contribution < -0.4 is 5.32 Å². The third-order valence-electron chi connectivity index (χ3n) is 6.35. The van der Waals surface area contributed by atoms with Crippen LogP contribution in [0.1, 0.15) is 66.0 Å². The second-order valence-corrected chi connectivity index (χ2v) is 9.32. The van der Waals surface area contributed by atoms with Crippen LogP contribution in [0.15, 0.2) is 34.9 Å². The van der Waals surface area contributed by atoms with Crippen LogP contribution in [-0.2, 0) is 19.4 Å². The van der Waals surface area contributed by atoms with E-state index >= 15 is 0 Å². The molecule has 6 nitrogen and oxygen atoms in total. The van der Waals surface area contributed by atoms with Crippen molar-refractivity contribution < 1.29 is 9.32 Å². The van der Waals surface area contributed by atoms with Gasteiger partial charge < -0.3 is 9.84 Å². The number of rotatable bonds is 4. The summed E-state index contributed by atoms with van der Waals surface area (Å²) in [6, 6.07) is 10.0. The van der Waals surface area contributed by atoms with Gasteiger partial charge >= 0.3 is 0 Å². The zero-order valence-electron chi connectivity index (χ0n) is 18.5. The van der Waals surface area contributed by atoms with Crippen LogP contribution in [0.2, 0.25) is 0 Å². The molecule has 1 atom stereocenters. The molecule has 2 aromatic heterocycles. The molecule has 0 spiro atoms. The van der Waals surface area contributed by atoms with Gasteiger partial charge in [-0.1, -0.05) is 44.1 Å². The minimum absolute atomic E-state index is 0.180. The van der Waals surface area contributed by atoms with E-state index in [0.717, 1.165) is 53.2 Å². The number of hydrogen-bond acceptors (Lipinski definition) is 4. The fourth-order valence-electron chi connectivity index (χ4n) is 4.33. The summed E-state index contributed by atoms with van der Waals surface area (Å²) >= 11 is 0. The number of hydrogen-bond donors (Lipinski definition) is 1. The van der Waals surface area contributed by atoms with E-state index in [2.05, 4.69) is 36.3 Å². The number of amides is 1. The fourth-order valence-corrected chi connectivity index (χ4v) is 4.33. The maximum absolute atomic E-state index is 12.9.